The number of methoxy groups -OCH3 is 1. The van der Waals surface area contributed by atoms with Gasteiger partial charge in [-0.1, -0.05) is 37.0 Å². The van der Waals surface area contributed by atoms with Gasteiger partial charge in [0.05, 0.1) is 22.7 Å². The van der Waals surface area contributed by atoms with Gasteiger partial charge in [0.1, 0.15) is 6.54 Å². The molecule has 1 aromatic carbocycles. The first-order chi connectivity index (χ1) is 15.7. The molecule has 2 N–H and O–H groups in total. The van der Waals surface area contributed by atoms with E-state index in [-0.39, 0.29) is 47.2 Å². The molecule has 33 heavy (non-hydrogen) atoms. The van der Waals surface area contributed by atoms with Gasteiger partial charge in [-0.15, -0.1) is 11.3 Å². The number of hydrogen-bond donors (Lipinski definition) is 2. The highest BCUT2D eigenvalue weighted by molar-refractivity contribution is 7.13. The van der Waals surface area contributed by atoms with Crippen LogP contribution in [0.15, 0.2) is 23.6 Å². The van der Waals surface area contributed by atoms with Crippen LogP contribution in [0.1, 0.15) is 36.3 Å². The van der Waals surface area contributed by atoms with E-state index in [1.165, 1.54) is 22.3 Å². The standard InChI is InChI=1S/C22H28Cl2N4O4S/c1-14(2)11-28(21(31)17-6-5-15(23)9-18(17)24)12-20(30)27-22-26-16(13-33-22)10-19(29)25-7-4-8-32-3/h5-6,9,13-14H,4,7-8,10-12H2,1-3H3,(H,25,29)(H,26,27,30). The minimum Gasteiger partial charge on any atom is -0.385 e. The molecule has 0 aliphatic carbocycles. The molecule has 0 radical (unpaired) electrons. The third-order valence-corrected chi connectivity index (χ3v) is 5.71. The van der Waals surface area contributed by atoms with Crippen molar-refractivity contribution in [3.8, 4) is 0 Å². The Morgan fingerprint density at radius 1 is 1.21 bits per heavy atom. The summed E-state index contributed by atoms with van der Waals surface area (Å²) in [5, 5.41) is 8.23. The fourth-order valence-electron chi connectivity index (χ4n) is 2.94. The Bertz CT molecular complexity index is 968. The zero-order valence-corrected chi connectivity index (χ0v) is 21.1. The molecule has 11 heteroatoms. The van der Waals surface area contributed by atoms with Crippen molar-refractivity contribution < 1.29 is 19.1 Å². The minimum absolute atomic E-state index is 0.117. The summed E-state index contributed by atoms with van der Waals surface area (Å²) in [6, 6.07) is 4.62. The van der Waals surface area contributed by atoms with Gasteiger partial charge in [0, 0.05) is 37.2 Å². The second-order valence-corrected chi connectivity index (χ2v) is 9.47. The second-order valence-electron chi connectivity index (χ2n) is 7.77. The number of nitrogens with one attached hydrogen (secondary N) is 2. The first-order valence-corrected chi connectivity index (χ1v) is 12.1. The van der Waals surface area contributed by atoms with Gasteiger partial charge in [0.25, 0.3) is 5.91 Å². The fraction of sp³-hybridized carbons (Fsp3) is 0.455. The summed E-state index contributed by atoms with van der Waals surface area (Å²) in [4.78, 5) is 43.3. The second kappa shape index (κ2) is 13.5. The van der Waals surface area contributed by atoms with Crippen LogP contribution in [-0.4, -0.2) is 61.0 Å². The number of hydrogen-bond acceptors (Lipinski definition) is 6. The molecule has 180 valence electrons. The van der Waals surface area contributed by atoms with Crippen LogP contribution < -0.4 is 10.6 Å². The van der Waals surface area contributed by atoms with Crippen LogP contribution in [0.25, 0.3) is 0 Å². The monoisotopic (exact) mass is 514 g/mol. The molecule has 2 aromatic rings. The highest BCUT2D eigenvalue weighted by atomic mass is 35.5. The Hall–Kier alpha value is -2.20. The number of amides is 3. The molecule has 0 atom stereocenters. The topological polar surface area (TPSA) is 101 Å². The summed E-state index contributed by atoms with van der Waals surface area (Å²) in [6.07, 6.45) is 0.847. The Morgan fingerprint density at radius 3 is 2.64 bits per heavy atom. The predicted molar refractivity (Wildman–Crippen MR) is 131 cm³/mol. The van der Waals surface area contributed by atoms with Gasteiger partial charge in [0.15, 0.2) is 5.13 Å². The van der Waals surface area contributed by atoms with Crippen LogP contribution >= 0.6 is 34.5 Å². The van der Waals surface area contributed by atoms with Crippen molar-refractivity contribution in [3.63, 3.8) is 0 Å². The zero-order valence-electron chi connectivity index (χ0n) is 18.8. The van der Waals surface area contributed by atoms with Crippen molar-refractivity contribution in [2.45, 2.75) is 26.7 Å². The first-order valence-electron chi connectivity index (χ1n) is 10.4. The average molecular weight is 515 g/mol. The van der Waals surface area contributed by atoms with Crippen LogP contribution in [0.2, 0.25) is 10.0 Å². The number of anilines is 1. The molecule has 8 nitrogen and oxygen atoms in total. The highest BCUT2D eigenvalue weighted by Crippen LogP contribution is 2.23. The number of nitrogens with zero attached hydrogens (tertiary/aromatic N) is 2. The van der Waals surface area contributed by atoms with E-state index in [0.29, 0.717) is 35.5 Å². The van der Waals surface area contributed by atoms with Crippen LogP contribution in [0, 0.1) is 5.92 Å². The van der Waals surface area contributed by atoms with E-state index in [1.54, 1.807) is 24.6 Å². The number of rotatable bonds is 12. The van der Waals surface area contributed by atoms with Crippen molar-refractivity contribution >= 4 is 57.4 Å². The maximum Gasteiger partial charge on any atom is 0.255 e. The van der Waals surface area contributed by atoms with E-state index in [1.807, 2.05) is 13.8 Å². The molecule has 0 saturated heterocycles. The first kappa shape index (κ1) is 27.0. The van der Waals surface area contributed by atoms with E-state index < -0.39 is 0 Å². The molecule has 0 saturated carbocycles. The normalized spacial score (nSPS) is 10.8. The molecule has 0 fully saturated rings. The van der Waals surface area contributed by atoms with E-state index >= 15 is 0 Å². The van der Waals surface area contributed by atoms with Crippen molar-refractivity contribution in [1.82, 2.24) is 15.2 Å². The molecule has 1 heterocycles. The Kier molecular flexibility index (Phi) is 11.1. The SMILES string of the molecule is COCCCNC(=O)Cc1csc(NC(=O)CN(CC(C)C)C(=O)c2ccc(Cl)cc2Cl)n1. The van der Waals surface area contributed by atoms with Gasteiger partial charge < -0.3 is 20.3 Å². The molecule has 1 aromatic heterocycles. The third kappa shape index (κ3) is 9.29. The van der Waals surface area contributed by atoms with E-state index in [9.17, 15) is 14.4 Å². The number of ether oxygens (including phenoxy) is 1. The lowest BCUT2D eigenvalue weighted by atomic mass is 10.1. The molecule has 0 aliphatic rings. The molecule has 0 unspecified atom stereocenters. The number of carbonyl (C=O) groups excluding carboxylic acids is 3. The Labute approximate surface area is 207 Å². The molecule has 3 amide bonds. The van der Waals surface area contributed by atoms with Crippen molar-refractivity contribution in [1.29, 1.82) is 0 Å². The smallest absolute Gasteiger partial charge is 0.255 e. The van der Waals surface area contributed by atoms with Crippen molar-refractivity contribution in [2.24, 2.45) is 5.92 Å². The molecular weight excluding hydrogens is 487 g/mol. The third-order valence-electron chi connectivity index (χ3n) is 4.36. The lowest BCUT2D eigenvalue weighted by molar-refractivity contribution is -0.120. The average Bonchev–Trinajstić information content (AvgIpc) is 3.16. The maximum absolute atomic E-state index is 13.0. The van der Waals surface area contributed by atoms with Crippen LogP contribution in [-0.2, 0) is 20.7 Å². The summed E-state index contributed by atoms with van der Waals surface area (Å²) < 4.78 is 4.94. The number of benzene rings is 1. The van der Waals surface area contributed by atoms with Crippen molar-refractivity contribution in [2.75, 3.05) is 38.7 Å². The lowest BCUT2D eigenvalue weighted by Gasteiger charge is -2.24. The highest BCUT2D eigenvalue weighted by Gasteiger charge is 2.22. The summed E-state index contributed by atoms with van der Waals surface area (Å²) in [6.45, 7) is 5.22. The van der Waals surface area contributed by atoms with Crippen LogP contribution in [0.3, 0.4) is 0 Å². The quantitative estimate of drug-likeness (QED) is 0.418. The van der Waals surface area contributed by atoms with Gasteiger partial charge in [-0.3, -0.25) is 14.4 Å². The molecular formula is C22H28Cl2N4O4S. The van der Waals surface area contributed by atoms with Gasteiger partial charge in [0.2, 0.25) is 11.8 Å². The predicted octanol–water partition coefficient (Wildman–Crippen LogP) is 3.88. The molecule has 0 aliphatic heterocycles. The number of aromatic nitrogens is 1. The molecule has 0 bridgehead atoms. The maximum atomic E-state index is 13.0. The number of carbonyl (C=O) groups is 3. The van der Waals surface area contributed by atoms with Crippen molar-refractivity contribution in [3.05, 3.63) is 44.9 Å². The lowest BCUT2D eigenvalue weighted by Crippen LogP contribution is -2.40. The summed E-state index contributed by atoms with van der Waals surface area (Å²) in [5.41, 5.74) is 0.838. The number of thiazole rings is 1. The largest absolute Gasteiger partial charge is 0.385 e. The van der Waals surface area contributed by atoms with E-state index in [2.05, 4.69) is 15.6 Å². The summed E-state index contributed by atoms with van der Waals surface area (Å²) in [7, 11) is 1.61. The Balaban J connectivity index is 1.96. The van der Waals surface area contributed by atoms with E-state index in [4.69, 9.17) is 27.9 Å². The molecule has 0 spiro atoms. The summed E-state index contributed by atoms with van der Waals surface area (Å²) >= 11 is 13.3. The molecule has 2 rings (SSSR count). The van der Waals surface area contributed by atoms with Crippen LogP contribution in [0.5, 0.6) is 0 Å². The number of halogens is 2. The van der Waals surface area contributed by atoms with Gasteiger partial charge in [-0.05, 0) is 30.5 Å². The zero-order chi connectivity index (χ0) is 24.4. The van der Waals surface area contributed by atoms with Crippen LogP contribution in [0.4, 0.5) is 5.13 Å². The van der Waals surface area contributed by atoms with Gasteiger partial charge >= 0.3 is 0 Å². The minimum atomic E-state index is -0.390. The Morgan fingerprint density at radius 2 is 1.97 bits per heavy atom. The summed E-state index contributed by atoms with van der Waals surface area (Å²) in [5.74, 6) is -0.756. The van der Waals surface area contributed by atoms with E-state index in [0.717, 1.165) is 6.42 Å². The van der Waals surface area contributed by atoms with Gasteiger partial charge in [-0.25, -0.2) is 4.98 Å². The van der Waals surface area contributed by atoms with Gasteiger partial charge in [-0.2, -0.15) is 0 Å². The fourth-order valence-corrected chi connectivity index (χ4v) is 4.16.